The van der Waals surface area contributed by atoms with Crippen LogP contribution in [0.4, 0.5) is 0 Å². The summed E-state index contributed by atoms with van der Waals surface area (Å²) < 4.78 is 0. The molecule has 0 saturated carbocycles. The molecule has 0 bridgehead atoms. The molecule has 196 valence electrons. The molecular weight excluding hydrogens is 400 g/mol. The first-order chi connectivity index (χ1) is 16.3. The van der Waals surface area contributed by atoms with Gasteiger partial charge in [-0.15, -0.1) is 0 Å². The summed E-state index contributed by atoms with van der Waals surface area (Å²) in [6, 6.07) is 0. The molecule has 0 amide bonds. The zero-order valence-electron chi connectivity index (χ0n) is 23.3. The lowest BCUT2D eigenvalue weighted by atomic mass is 10.0. The van der Waals surface area contributed by atoms with Gasteiger partial charge >= 0.3 is 0 Å². The van der Waals surface area contributed by atoms with E-state index in [9.17, 15) is 0 Å². The maximum atomic E-state index is 2.67. The first-order valence-corrected chi connectivity index (χ1v) is 15.5. The third kappa shape index (κ3) is 16.6. The van der Waals surface area contributed by atoms with E-state index < -0.39 is 0 Å². The van der Waals surface area contributed by atoms with E-state index in [1.54, 1.807) is 0 Å². The highest BCUT2D eigenvalue weighted by Crippen LogP contribution is 2.23. The number of hydrogen-bond donors (Lipinski definition) is 0. The zero-order valence-corrected chi connectivity index (χ0v) is 23.3. The fourth-order valence-electron chi connectivity index (χ4n) is 5.28. The molecular formula is C31H62N2. The molecule has 0 aromatic rings. The van der Waals surface area contributed by atoms with Crippen molar-refractivity contribution in [2.45, 2.75) is 175 Å². The molecule has 0 radical (unpaired) electrons. The van der Waals surface area contributed by atoms with Crippen LogP contribution < -0.4 is 0 Å². The van der Waals surface area contributed by atoms with Crippen LogP contribution in [0.15, 0.2) is 12.4 Å². The third-order valence-corrected chi connectivity index (χ3v) is 7.57. The third-order valence-electron chi connectivity index (χ3n) is 7.57. The van der Waals surface area contributed by atoms with Crippen LogP contribution in [0.25, 0.3) is 0 Å². The van der Waals surface area contributed by atoms with Crippen LogP contribution in [0.3, 0.4) is 0 Å². The molecule has 0 spiro atoms. The molecule has 0 fully saturated rings. The molecule has 2 nitrogen and oxygen atoms in total. The minimum Gasteiger partial charge on any atom is -0.356 e. The molecule has 1 heterocycles. The van der Waals surface area contributed by atoms with Gasteiger partial charge in [0.2, 0.25) is 0 Å². The average Bonchev–Trinajstić information content (AvgIpc) is 3.21. The van der Waals surface area contributed by atoms with E-state index in [-0.39, 0.29) is 0 Å². The van der Waals surface area contributed by atoms with Crippen molar-refractivity contribution in [2.24, 2.45) is 0 Å². The van der Waals surface area contributed by atoms with E-state index in [1.807, 2.05) is 0 Å². The molecule has 33 heavy (non-hydrogen) atoms. The largest absolute Gasteiger partial charge is 0.356 e. The Morgan fingerprint density at radius 2 is 0.727 bits per heavy atom. The van der Waals surface area contributed by atoms with Crippen molar-refractivity contribution in [3.8, 4) is 0 Å². The molecule has 2 heteroatoms. The Morgan fingerprint density at radius 3 is 1.15 bits per heavy atom. The van der Waals surface area contributed by atoms with E-state index in [0.717, 1.165) is 0 Å². The lowest BCUT2D eigenvalue weighted by Crippen LogP contribution is -2.39. The van der Waals surface area contributed by atoms with E-state index in [2.05, 4.69) is 43.0 Å². The Kier molecular flexibility index (Phi) is 21.3. The topological polar surface area (TPSA) is 6.48 Å². The van der Waals surface area contributed by atoms with E-state index >= 15 is 0 Å². The van der Waals surface area contributed by atoms with Crippen molar-refractivity contribution < 1.29 is 0 Å². The number of nitrogens with zero attached hydrogens (tertiary/aromatic N) is 2. The van der Waals surface area contributed by atoms with Crippen molar-refractivity contribution in [2.75, 3.05) is 13.1 Å². The van der Waals surface area contributed by atoms with Gasteiger partial charge in [-0.1, -0.05) is 143 Å². The Labute approximate surface area is 210 Å². The van der Waals surface area contributed by atoms with Gasteiger partial charge in [0, 0.05) is 25.5 Å². The van der Waals surface area contributed by atoms with Crippen LogP contribution in [0.5, 0.6) is 0 Å². The van der Waals surface area contributed by atoms with Gasteiger partial charge in [-0.3, -0.25) is 0 Å². The summed E-state index contributed by atoms with van der Waals surface area (Å²) in [6.07, 6.45) is 38.1. The average molecular weight is 463 g/mol. The summed E-state index contributed by atoms with van der Waals surface area (Å²) in [5.74, 6) is 0. The van der Waals surface area contributed by atoms with Crippen molar-refractivity contribution in [3.05, 3.63) is 12.4 Å². The molecule has 0 aromatic carbocycles. The summed E-state index contributed by atoms with van der Waals surface area (Å²) in [6.45, 7) is 9.43. The lowest BCUT2D eigenvalue weighted by Gasteiger charge is -2.33. The van der Waals surface area contributed by atoms with Crippen molar-refractivity contribution in [3.63, 3.8) is 0 Å². The predicted octanol–water partition coefficient (Wildman–Crippen LogP) is 10.4. The Morgan fingerprint density at radius 1 is 0.394 bits per heavy atom. The first-order valence-electron chi connectivity index (χ1n) is 15.5. The van der Waals surface area contributed by atoms with E-state index in [0.29, 0.717) is 6.17 Å². The van der Waals surface area contributed by atoms with Crippen LogP contribution >= 0.6 is 0 Å². The Hall–Kier alpha value is -0.660. The molecule has 1 aliphatic heterocycles. The quantitative estimate of drug-likeness (QED) is 0.124. The van der Waals surface area contributed by atoms with Gasteiger partial charge in [-0.05, 0) is 25.7 Å². The van der Waals surface area contributed by atoms with Gasteiger partial charge in [-0.25, -0.2) is 0 Å². The maximum Gasteiger partial charge on any atom is 0.101 e. The second-order valence-electron chi connectivity index (χ2n) is 10.8. The van der Waals surface area contributed by atoms with Gasteiger partial charge in [0.05, 0.1) is 0 Å². The lowest BCUT2D eigenvalue weighted by molar-refractivity contribution is 0.136. The molecule has 1 unspecified atom stereocenters. The number of rotatable bonds is 25. The summed E-state index contributed by atoms with van der Waals surface area (Å²) in [5.41, 5.74) is 0. The smallest absolute Gasteiger partial charge is 0.101 e. The maximum absolute atomic E-state index is 2.67. The van der Waals surface area contributed by atoms with Gasteiger partial charge in [0.25, 0.3) is 0 Å². The Bertz CT molecular complexity index is 419. The molecule has 1 aliphatic rings. The monoisotopic (exact) mass is 462 g/mol. The predicted molar refractivity (Wildman–Crippen MR) is 150 cm³/mol. The van der Waals surface area contributed by atoms with Crippen LogP contribution in [-0.4, -0.2) is 29.1 Å². The molecule has 1 rings (SSSR count). The highest BCUT2D eigenvalue weighted by molar-refractivity contribution is 4.96. The van der Waals surface area contributed by atoms with E-state index in [4.69, 9.17) is 0 Å². The van der Waals surface area contributed by atoms with Crippen LogP contribution in [-0.2, 0) is 0 Å². The minimum atomic E-state index is 0.643. The van der Waals surface area contributed by atoms with E-state index in [1.165, 1.54) is 161 Å². The second kappa shape index (κ2) is 23.1. The number of hydrogen-bond acceptors (Lipinski definition) is 2. The van der Waals surface area contributed by atoms with Gasteiger partial charge in [0.1, 0.15) is 6.17 Å². The van der Waals surface area contributed by atoms with Crippen molar-refractivity contribution in [1.82, 2.24) is 9.80 Å². The summed E-state index contributed by atoms with van der Waals surface area (Å²) in [5, 5.41) is 0. The van der Waals surface area contributed by atoms with Gasteiger partial charge in [0.15, 0.2) is 0 Å². The van der Waals surface area contributed by atoms with Crippen LogP contribution in [0.1, 0.15) is 168 Å². The fourth-order valence-corrected chi connectivity index (χ4v) is 5.28. The highest BCUT2D eigenvalue weighted by Gasteiger charge is 2.24. The van der Waals surface area contributed by atoms with Gasteiger partial charge < -0.3 is 9.80 Å². The van der Waals surface area contributed by atoms with Crippen molar-refractivity contribution in [1.29, 1.82) is 0 Å². The SMILES string of the molecule is CCCCCCCCCCCCCCCC1N(CCCC)C=CN1CCCCCCCCC. The minimum absolute atomic E-state index is 0.643. The zero-order chi connectivity index (χ0) is 23.8. The summed E-state index contributed by atoms with van der Waals surface area (Å²) in [7, 11) is 0. The van der Waals surface area contributed by atoms with Crippen molar-refractivity contribution >= 4 is 0 Å². The van der Waals surface area contributed by atoms with Gasteiger partial charge in [-0.2, -0.15) is 0 Å². The molecule has 0 saturated heterocycles. The number of unbranched alkanes of at least 4 members (excludes halogenated alkanes) is 19. The van der Waals surface area contributed by atoms with Crippen LogP contribution in [0, 0.1) is 0 Å². The normalized spacial score (nSPS) is 15.8. The van der Waals surface area contributed by atoms with Crippen LogP contribution in [0.2, 0.25) is 0 Å². The second-order valence-corrected chi connectivity index (χ2v) is 10.8. The summed E-state index contributed by atoms with van der Waals surface area (Å²) >= 11 is 0. The highest BCUT2D eigenvalue weighted by atomic mass is 15.4. The standard InChI is InChI=1S/C31H62N2/c1-4-7-10-12-14-15-16-17-18-19-20-22-24-26-31-32(27-9-6-3)29-30-33(31)28-25-23-21-13-11-8-5-2/h29-31H,4-28H2,1-3H3. The molecule has 0 aromatic heterocycles. The fraction of sp³-hybridized carbons (Fsp3) is 0.935. The summed E-state index contributed by atoms with van der Waals surface area (Å²) in [4.78, 5) is 5.31. The molecule has 0 aliphatic carbocycles. The Balaban J connectivity index is 2.10. The molecule has 0 N–H and O–H groups in total. The first kappa shape index (κ1) is 30.4. The molecule has 1 atom stereocenters.